The van der Waals surface area contributed by atoms with Crippen molar-refractivity contribution in [3.8, 4) is 0 Å². The summed E-state index contributed by atoms with van der Waals surface area (Å²) in [6, 6.07) is 4.35. The van der Waals surface area contributed by atoms with Crippen LogP contribution in [0.2, 0.25) is 0 Å². The fraction of sp³-hybridized carbons (Fsp3) is 0.750. The summed E-state index contributed by atoms with van der Waals surface area (Å²) < 4.78 is 11.7. The fourth-order valence-corrected chi connectivity index (χ4v) is 4.57. The van der Waals surface area contributed by atoms with Crippen molar-refractivity contribution in [1.29, 1.82) is 0 Å². The van der Waals surface area contributed by atoms with Crippen molar-refractivity contribution in [1.82, 2.24) is 10.2 Å². The van der Waals surface area contributed by atoms with Crippen LogP contribution in [0.25, 0.3) is 0 Å². The summed E-state index contributed by atoms with van der Waals surface area (Å²) >= 11 is 1.84. The number of nitrogens with one attached hydrogen (secondary N) is 1. The van der Waals surface area contributed by atoms with Crippen LogP contribution in [-0.2, 0) is 15.9 Å². The third kappa shape index (κ3) is 7.51. The summed E-state index contributed by atoms with van der Waals surface area (Å²) in [4.78, 5) is 8.31. The van der Waals surface area contributed by atoms with Crippen LogP contribution in [0.15, 0.2) is 22.5 Å². The maximum absolute atomic E-state index is 6.07. The Morgan fingerprint density at radius 2 is 2.22 bits per heavy atom. The number of aliphatic imine (C=N–C) groups is 1. The Balaban J connectivity index is 0.00000261. The van der Waals surface area contributed by atoms with E-state index < -0.39 is 0 Å². The summed E-state index contributed by atoms with van der Waals surface area (Å²) in [6.07, 6.45) is 6.29. The van der Waals surface area contributed by atoms with Gasteiger partial charge in [0.05, 0.1) is 18.8 Å². The Bertz CT molecular complexity index is 541. The summed E-state index contributed by atoms with van der Waals surface area (Å²) in [5.74, 6) is 1.62. The van der Waals surface area contributed by atoms with E-state index in [-0.39, 0.29) is 24.0 Å². The van der Waals surface area contributed by atoms with Gasteiger partial charge in [0.1, 0.15) is 0 Å². The molecule has 2 atom stereocenters. The number of rotatable bonds is 7. The lowest BCUT2D eigenvalue weighted by atomic mass is 10.1. The summed E-state index contributed by atoms with van der Waals surface area (Å²) in [7, 11) is 1.88. The first-order chi connectivity index (χ1) is 12.7. The molecule has 0 saturated carbocycles. The maximum Gasteiger partial charge on any atom is 0.193 e. The zero-order chi connectivity index (χ0) is 18.2. The predicted octanol–water partition coefficient (Wildman–Crippen LogP) is 3.78. The van der Waals surface area contributed by atoms with Gasteiger partial charge in [0, 0.05) is 38.2 Å². The van der Waals surface area contributed by atoms with Crippen LogP contribution in [0.5, 0.6) is 0 Å². The molecular formula is C20H34IN3O2S. The smallest absolute Gasteiger partial charge is 0.193 e. The molecule has 0 amide bonds. The van der Waals surface area contributed by atoms with Crippen molar-refractivity contribution in [2.75, 3.05) is 39.9 Å². The molecule has 2 aliphatic rings. The number of ether oxygens (including phenoxy) is 2. The normalized spacial score (nSPS) is 22.5. The van der Waals surface area contributed by atoms with E-state index in [1.807, 2.05) is 18.4 Å². The van der Waals surface area contributed by atoms with E-state index in [9.17, 15) is 0 Å². The molecule has 2 fully saturated rings. The van der Waals surface area contributed by atoms with E-state index in [0.29, 0.717) is 18.1 Å². The van der Waals surface area contributed by atoms with Crippen LogP contribution in [0.3, 0.4) is 0 Å². The molecule has 1 aromatic rings. The van der Waals surface area contributed by atoms with Crippen molar-refractivity contribution >= 4 is 41.3 Å². The number of thiophene rings is 1. The summed E-state index contributed by atoms with van der Waals surface area (Å²) in [6.45, 7) is 6.94. The Labute approximate surface area is 184 Å². The minimum absolute atomic E-state index is 0. The zero-order valence-corrected chi connectivity index (χ0v) is 19.7. The summed E-state index contributed by atoms with van der Waals surface area (Å²) in [5.41, 5.74) is 0. The molecule has 0 radical (unpaired) electrons. The number of likely N-dealkylation sites (tertiary alicyclic amines) is 1. The SMILES string of the molecule is CN=C(NCC(C)Cc1cccs1)N1CCC(OCC2CCCO2)CC1.I. The average molecular weight is 507 g/mol. The largest absolute Gasteiger partial charge is 0.376 e. The molecule has 2 aliphatic heterocycles. The van der Waals surface area contributed by atoms with Gasteiger partial charge in [-0.05, 0) is 49.5 Å². The minimum Gasteiger partial charge on any atom is -0.376 e. The molecule has 1 N–H and O–H groups in total. The molecule has 7 heteroatoms. The van der Waals surface area contributed by atoms with Crippen molar-refractivity contribution in [2.24, 2.45) is 10.9 Å². The molecule has 2 saturated heterocycles. The van der Waals surface area contributed by atoms with E-state index in [1.54, 1.807) is 0 Å². The van der Waals surface area contributed by atoms with Crippen LogP contribution in [0.1, 0.15) is 37.5 Å². The summed E-state index contributed by atoms with van der Waals surface area (Å²) in [5, 5.41) is 5.71. The van der Waals surface area contributed by atoms with E-state index >= 15 is 0 Å². The van der Waals surface area contributed by atoms with Gasteiger partial charge in [-0.25, -0.2) is 0 Å². The molecule has 0 bridgehead atoms. The third-order valence-electron chi connectivity index (χ3n) is 5.23. The number of nitrogens with zero attached hydrogens (tertiary/aromatic N) is 2. The van der Waals surface area contributed by atoms with Gasteiger partial charge in [0.2, 0.25) is 0 Å². The fourth-order valence-electron chi connectivity index (χ4n) is 3.70. The highest BCUT2D eigenvalue weighted by Crippen LogP contribution is 2.18. The molecular weight excluding hydrogens is 473 g/mol. The highest BCUT2D eigenvalue weighted by Gasteiger charge is 2.24. The van der Waals surface area contributed by atoms with E-state index in [1.165, 1.54) is 11.3 Å². The molecule has 3 rings (SSSR count). The first kappa shape index (κ1) is 22.9. The first-order valence-electron chi connectivity index (χ1n) is 9.95. The van der Waals surface area contributed by atoms with Crippen molar-refractivity contribution in [2.45, 2.75) is 51.2 Å². The van der Waals surface area contributed by atoms with Crippen LogP contribution >= 0.6 is 35.3 Å². The number of hydrogen-bond donors (Lipinski definition) is 1. The molecule has 27 heavy (non-hydrogen) atoms. The Hall–Kier alpha value is -0.380. The molecule has 2 unspecified atom stereocenters. The van der Waals surface area contributed by atoms with Gasteiger partial charge in [-0.3, -0.25) is 4.99 Å². The minimum atomic E-state index is 0. The van der Waals surface area contributed by atoms with Crippen LogP contribution < -0.4 is 5.32 Å². The van der Waals surface area contributed by atoms with E-state index in [0.717, 1.165) is 64.5 Å². The molecule has 5 nitrogen and oxygen atoms in total. The van der Waals surface area contributed by atoms with Crippen LogP contribution in [0, 0.1) is 5.92 Å². The monoisotopic (exact) mass is 507 g/mol. The maximum atomic E-state index is 6.07. The number of piperidine rings is 1. The van der Waals surface area contributed by atoms with E-state index in [2.05, 4.69) is 39.6 Å². The second-order valence-electron chi connectivity index (χ2n) is 7.47. The third-order valence-corrected chi connectivity index (χ3v) is 6.13. The average Bonchev–Trinajstić information content (AvgIpc) is 3.35. The van der Waals surface area contributed by atoms with Gasteiger partial charge in [-0.2, -0.15) is 0 Å². The Kier molecular flexibility index (Phi) is 10.4. The zero-order valence-electron chi connectivity index (χ0n) is 16.6. The Morgan fingerprint density at radius 1 is 1.41 bits per heavy atom. The van der Waals surface area contributed by atoms with Crippen molar-refractivity contribution in [3.63, 3.8) is 0 Å². The highest BCUT2D eigenvalue weighted by atomic mass is 127. The van der Waals surface area contributed by atoms with Gasteiger partial charge < -0.3 is 19.7 Å². The lowest BCUT2D eigenvalue weighted by Gasteiger charge is -2.34. The second kappa shape index (κ2) is 12.2. The highest BCUT2D eigenvalue weighted by molar-refractivity contribution is 14.0. The van der Waals surface area contributed by atoms with Crippen LogP contribution in [0.4, 0.5) is 0 Å². The molecule has 0 aliphatic carbocycles. The number of halogens is 1. The van der Waals surface area contributed by atoms with Crippen molar-refractivity contribution in [3.05, 3.63) is 22.4 Å². The van der Waals surface area contributed by atoms with Crippen LogP contribution in [-0.4, -0.2) is 63.0 Å². The molecule has 0 aromatic carbocycles. The van der Waals surface area contributed by atoms with E-state index in [4.69, 9.17) is 9.47 Å². The number of hydrogen-bond acceptors (Lipinski definition) is 4. The topological polar surface area (TPSA) is 46.1 Å². The van der Waals surface area contributed by atoms with Gasteiger partial charge >= 0.3 is 0 Å². The standard InChI is InChI=1S/C20H33N3O2S.HI/c1-16(13-19-6-4-12-26-19)14-22-20(21-2)23-9-7-17(8-10-23)25-15-18-5-3-11-24-18;/h4,6,12,16-18H,3,5,7-11,13-15H2,1-2H3,(H,21,22);1H. The van der Waals surface area contributed by atoms with Gasteiger partial charge in [0.25, 0.3) is 0 Å². The molecule has 0 spiro atoms. The van der Waals surface area contributed by atoms with Gasteiger partial charge in [0.15, 0.2) is 5.96 Å². The van der Waals surface area contributed by atoms with Gasteiger partial charge in [-0.1, -0.05) is 13.0 Å². The lowest BCUT2D eigenvalue weighted by Crippen LogP contribution is -2.48. The number of guanidine groups is 1. The second-order valence-corrected chi connectivity index (χ2v) is 8.50. The lowest BCUT2D eigenvalue weighted by molar-refractivity contribution is -0.0367. The Morgan fingerprint density at radius 3 is 2.85 bits per heavy atom. The van der Waals surface area contributed by atoms with Gasteiger partial charge in [-0.15, -0.1) is 35.3 Å². The van der Waals surface area contributed by atoms with Crippen molar-refractivity contribution < 1.29 is 9.47 Å². The molecule has 1 aromatic heterocycles. The predicted molar refractivity (Wildman–Crippen MR) is 123 cm³/mol. The molecule has 154 valence electrons. The first-order valence-corrected chi connectivity index (χ1v) is 10.8. The molecule has 3 heterocycles. The quantitative estimate of drug-likeness (QED) is 0.347.